The molecule has 0 radical (unpaired) electrons. The van der Waals surface area contributed by atoms with Gasteiger partial charge in [-0.05, 0) is 123 Å². The van der Waals surface area contributed by atoms with Crippen LogP contribution < -0.4 is 35.7 Å². The van der Waals surface area contributed by atoms with Crippen molar-refractivity contribution in [2.45, 2.75) is 34.6 Å². The van der Waals surface area contributed by atoms with E-state index in [-0.39, 0.29) is 6.71 Å². The molecule has 0 atom stereocenters. The van der Waals surface area contributed by atoms with Gasteiger partial charge < -0.3 is 19.3 Å². The van der Waals surface area contributed by atoms with Crippen molar-refractivity contribution in [2.75, 3.05) is 9.80 Å². The number of nitrogens with zero attached hydrogens (tertiary/aromatic N) is 2. The highest BCUT2D eigenvalue weighted by Crippen LogP contribution is 2.47. The van der Waals surface area contributed by atoms with E-state index in [0.29, 0.717) is 0 Å². The summed E-state index contributed by atoms with van der Waals surface area (Å²) in [5.74, 6) is 3.37. The Kier molecular flexibility index (Phi) is 8.35. The molecule has 60 heavy (non-hydrogen) atoms. The van der Waals surface area contributed by atoms with Gasteiger partial charge in [0, 0.05) is 51.1 Å². The SMILES string of the molecule is Cc1ccc(N(c2ccc(C)cc2)c2cc3c(c4ccccc24)B2c4c(cc(C)cc4Oc4cc(N(c5ccc(C)cc5)c5ccc(C)cc5)c5ccccc5c42)O3)cc1. The third-order valence-electron chi connectivity index (χ3n) is 12.3. The zero-order valence-electron chi connectivity index (χ0n) is 34.5. The molecule has 0 aliphatic carbocycles. The van der Waals surface area contributed by atoms with E-state index < -0.39 is 0 Å². The first kappa shape index (κ1) is 35.9. The Morgan fingerprint density at radius 1 is 0.317 bits per heavy atom. The van der Waals surface area contributed by atoms with Crippen molar-refractivity contribution in [3.63, 3.8) is 0 Å². The Balaban J connectivity index is 1.19. The third kappa shape index (κ3) is 5.84. The van der Waals surface area contributed by atoms with Gasteiger partial charge in [-0.25, -0.2) is 0 Å². The predicted octanol–water partition coefficient (Wildman–Crippen LogP) is 13.2. The number of anilines is 6. The van der Waals surface area contributed by atoms with Crippen LogP contribution in [-0.2, 0) is 0 Å². The molecule has 0 fully saturated rings. The first-order valence-corrected chi connectivity index (χ1v) is 20.8. The Morgan fingerprint density at radius 3 is 0.950 bits per heavy atom. The zero-order chi connectivity index (χ0) is 40.6. The number of benzene rings is 9. The van der Waals surface area contributed by atoms with Crippen LogP contribution in [-0.4, -0.2) is 6.71 Å². The lowest BCUT2D eigenvalue weighted by Crippen LogP contribution is -2.58. The van der Waals surface area contributed by atoms with Crippen LogP contribution in [0, 0.1) is 34.6 Å². The molecule has 0 spiro atoms. The quantitative estimate of drug-likeness (QED) is 0.157. The fourth-order valence-corrected chi connectivity index (χ4v) is 9.33. The van der Waals surface area contributed by atoms with Gasteiger partial charge in [-0.15, -0.1) is 0 Å². The van der Waals surface area contributed by atoms with Crippen LogP contribution in [0.15, 0.2) is 170 Å². The van der Waals surface area contributed by atoms with Gasteiger partial charge in [0.1, 0.15) is 23.0 Å². The maximum atomic E-state index is 7.12. The van der Waals surface area contributed by atoms with Crippen molar-refractivity contribution in [3.8, 4) is 23.0 Å². The van der Waals surface area contributed by atoms with Crippen LogP contribution in [0.5, 0.6) is 23.0 Å². The van der Waals surface area contributed by atoms with Crippen molar-refractivity contribution in [3.05, 3.63) is 198 Å². The van der Waals surface area contributed by atoms with Crippen LogP contribution in [0.4, 0.5) is 34.1 Å². The minimum absolute atomic E-state index is 0.152. The Bertz CT molecular complexity index is 2840. The number of rotatable bonds is 6. The lowest BCUT2D eigenvalue weighted by Gasteiger charge is -2.37. The Hall–Kier alpha value is -7.24. The Morgan fingerprint density at radius 2 is 0.617 bits per heavy atom. The molecule has 288 valence electrons. The molecule has 0 saturated heterocycles. The second-order valence-electron chi connectivity index (χ2n) is 16.5. The summed E-state index contributed by atoms with van der Waals surface area (Å²) in [5, 5.41) is 4.60. The van der Waals surface area contributed by atoms with E-state index in [4.69, 9.17) is 9.47 Å². The van der Waals surface area contributed by atoms with Crippen molar-refractivity contribution in [1.82, 2.24) is 0 Å². The van der Waals surface area contributed by atoms with Gasteiger partial charge in [0.05, 0.1) is 11.4 Å². The van der Waals surface area contributed by atoms with E-state index in [1.165, 1.54) is 22.3 Å². The summed E-state index contributed by atoms with van der Waals surface area (Å²) in [6.45, 7) is 10.5. The van der Waals surface area contributed by atoms with Crippen LogP contribution in [0.2, 0.25) is 0 Å². The van der Waals surface area contributed by atoms with Crippen molar-refractivity contribution < 1.29 is 9.47 Å². The lowest BCUT2D eigenvalue weighted by molar-refractivity contribution is 0.464. The largest absolute Gasteiger partial charge is 0.458 e. The zero-order valence-corrected chi connectivity index (χ0v) is 34.5. The fraction of sp³-hybridized carbons (Fsp3) is 0.0909. The maximum absolute atomic E-state index is 7.12. The second-order valence-corrected chi connectivity index (χ2v) is 16.5. The molecule has 2 aliphatic heterocycles. The highest BCUT2D eigenvalue weighted by Gasteiger charge is 2.43. The van der Waals surface area contributed by atoms with Crippen molar-refractivity contribution in [1.29, 1.82) is 0 Å². The molecule has 0 unspecified atom stereocenters. The van der Waals surface area contributed by atoms with Gasteiger partial charge in [-0.3, -0.25) is 0 Å². The van der Waals surface area contributed by atoms with Crippen LogP contribution in [0.1, 0.15) is 27.8 Å². The highest BCUT2D eigenvalue weighted by molar-refractivity contribution is 7.01. The predicted molar refractivity (Wildman–Crippen MR) is 252 cm³/mol. The van der Waals surface area contributed by atoms with Gasteiger partial charge in [0.2, 0.25) is 0 Å². The number of hydrogen-bond donors (Lipinski definition) is 0. The molecule has 4 nitrogen and oxygen atoms in total. The van der Waals surface area contributed by atoms with E-state index in [1.54, 1.807) is 0 Å². The molecule has 0 amide bonds. The summed E-state index contributed by atoms with van der Waals surface area (Å²) in [6, 6.07) is 61.7. The first-order valence-electron chi connectivity index (χ1n) is 20.8. The van der Waals surface area contributed by atoms with Crippen LogP contribution in [0.3, 0.4) is 0 Å². The fourth-order valence-electron chi connectivity index (χ4n) is 9.33. The molecular formula is C55H43BN2O2. The van der Waals surface area contributed by atoms with E-state index in [9.17, 15) is 0 Å². The first-order chi connectivity index (χ1) is 29.3. The summed E-state index contributed by atoms with van der Waals surface area (Å²) >= 11 is 0. The topological polar surface area (TPSA) is 24.9 Å². The highest BCUT2D eigenvalue weighted by atomic mass is 16.5. The lowest BCUT2D eigenvalue weighted by atomic mass is 9.33. The van der Waals surface area contributed by atoms with E-state index in [2.05, 4.69) is 214 Å². The smallest absolute Gasteiger partial charge is 0.262 e. The second kappa shape index (κ2) is 14.0. The minimum Gasteiger partial charge on any atom is -0.458 e. The number of fused-ring (bicyclic) bond motifs is 8. The van der Waals surface area contributed by atoms with Crippen molar-refractivity contribution >= 4 is 78.8 Å². The molecule has 0 N–H and O–H groups in total. The number of aryl methyl sites for hydroxylation is 5. The molecule has 9 aromatic carbocycles. The normalized spacial score (nSPS) is 12.3. The van der Waals surface area contributed by atoms with E-state index in [1.807, 2.05) is 0 Å². The maximum Gasteiger partial charge on any atom is 0.262 e. The molecule has 5 heteroatoms. The number of ether oxygens (including phenoxy) is 2. The van der Waals surface area contributed by atoms with Crippen molar-refractivity contribution in [2.24, 2.45) is 0 Å². The van der Waals surface area contributed by atoms with Gasteiger partial charge in [0.25, 0.3) is 6.71 Å². The molecular weight excluding hydrogens is 731 g/mol. The molecule has 11 rings (SSSR count). The molecule has 2 aliphatic rings. The average molecular weight is 775 g/mol. The van der Waals surface area contributed by atoms with E-state index >= 15 is 0 Å². The van der Waals surface area contributed by atoms with Gasteiger partial charge >= 0.3 is 0 Å². The summed E-state index contributed by atoms with van der Waals surface area (Å²) in [5.41, 5.74) is 15.8. The van der Waals surface area contributed by atoms with Crippen LogP contribution >= 0.6 is 0 Å². The summed E-state index contributed by atoms with van der Waals surface area (Å²) in [6.07, 6.45) is 0. The molecule has 0 saturated carbocycles. The average Bonchev–Trinajstić information content (AvgIpc) is 3.26. The summed E-state index contributed by atoms with van der Waals surface area (Å²) in [7, 11) is 0. The minimum atomic E-state index is -0.152. The van der Waals surface area contributed by atoms with Gasteiger partial charge in [-0.1, -0.05) is 119 Å². The van der Waals surface area contributed by atoms with Crippen LogP contribution in [0.25, 0.3) is 21.5 Å². The monoisotopic (exact) mass is 774 g/mol. The molecule has 0 bridgehead atoms. The Labute approximate surface area is 352 Å². The van der Waals surface area contributed by atoms with Gasteiger partial charge in [0.15, 0.2) is 0 Å². The standard InChI is InChI=1S/C55H43BN2O2/c1-34-14-22-39(23-15-34)57(40-24-16-35(2)17-25-40)47-32-51-53(45-12-8-6-10-43(45)47)56-54-46-13-9-7-11-44(46)48(33-52(54)60-50-31-38(5)30-49(59-51)55(50)56)58(41-26-18-36(3)19-27-41)42-28-20-37(4)21-29-42/h6-33H,1-5H3. The van der Waals surface area contributed by atoms with E-state index in [0.717, 1.165) is 101 Å². The summed E-state index contributed by atoms with van der Waals surface area (Å²) in [4.78, 5) is 4.73. The molecule has 2 heterocycles. The third-order valence-corrected chi connectivity index (χ3v) is 12.3. The number of hydrogen-bond acceptors (Lipinski definition) is 4. The summed E-state index contributed by atoms with van der Waals surface area (Å²) < 4.78 is 14.2. The molecule has 0 aromatic heterocycles. The van der Waals surface area contributed by atoms with Gasteiger partial charge in [-0.2, -0.15) is 0 Å². The molecule has 9 aromatic rings.